The zero-order valence-electron chi connectivity index (χ0n) is 20.1. The quantitative estimate of drug-likeness (QED) is 0.0672. The van der Waals surface area contributed by atoms with Crippen LogP contribution in [0.25, 0.3) is 5.43 Å². The van der Waals surface area contributed by atoms with E-state index < -0.39 is 9.85 Å². The summed E-state index contributed by atoms with van der Waals surface area (Å²) in [6.45, 7) is 9.36. The molecule has 0 atom stereocenters. The second-order valence-corrected chi connectivity index (χ2v) is 8.79. The Morgan fingerprint density at radius 1 is 1.00 bits per heavy atom. The molecule has 0 unspecified atom stereocenters. The maximum Gasteiger partial charge on any atom is 0.335 e. The number of methoxy groups -OCH3 is 1. The third-order valence-electron chi connectivity index (χ3n) is 5.21. The summed E-state index contributed by atoms with van der Waals surface area (Å²) in [6, 6.07) is 8.03. The molecule has 0 saturated heterocycles. The van der Waals surface area contributed by atoms with Gasteiger partial charge in [-0.3, -0.25) is 29.9 Å². The molecule has 14 heteroatoms. The highest BCUT2D eigenvalue weighted by Gasteiger charge is 2.17. The van der Waals surface area contributed by atoms with Crippen molar-refractivity contribution in [1.29, 1.82) is 0 Å². The van der Waals surface area contributed by atoms with Gasteiger partial charge in [0.25, 0.3) is 11.4 Å². The number of hydrogen-bond donors (Lipinski definition) is 0. The number of hydrogen-bond acceptors (Lipinski definition) is 8. The molecule has 0 N–H and O–H groups in total. The fourth-order valence-electron chi connectivity index (χ4n) is 2.77. The minimum atomic E-state index is -0.524. The van der Waals surface area contributed by atoms with Crippen molar-refractivity contribution in [3.63, 3.8) is 0 Å². The first kappa shape index (κ1) is 30.8. The van der Waals surface area contributed by atoms with Crippen LogP contribution in [0.1, 0.15) is 20.8 Å². The van der Waals surface area contributed by atoms with Gasteiger partial charge in [-0.25, -0.2) is 4.79 Å². The number of esters is 1. The Hall–Kier alpha value is -3.23. The van der Waals surface area contributed by atoms with Crippen molar-refractivity contribution in [1.82, 2.24) is 0 Å². The van der Waals surface area contributed by atoms with Gasteiger partial charge in [0.05, 0.1) is 42.7 Å². The number of rotatable bonds is 10. The predicted molar refractivity (Wildman–Crippen MR) is 142 cm³/mol. The number of nitro groups is 2. The summed E-state index contributed by atoms with van der Waals surface area (Å²) in [5.41, 5.74) is 4.40. The lowest BCUT2D eigenvalue weighted by atomic mass is 10.3. The van der Waals surface area contributed by atoms with Crippen molar-refractivity contribution < 1.29 is 23.9 Å². The Kier molecular flexibility index (Phi) is 12.8. The molecular formula is C22H26Br2N6O6. The number of carbonyl (C=O) groups excluding carboxylic acids is 1. The highest BCUT2D eigenvalue weighted by Crippen LogP contribution is 2.34. The normalized spacial score (nSPS) is 11.2. The van der Waals surface area contributed by atoms with Crippen LogP contribution in [-0.2, 0) is 9.53 Å². The molecule has 0 aliphatic heterocycles. The summed E-state index contributed by atoms with van der Waals surface area (Å²) in [6.07, 6.45) is 3.43. The van der Waals surface area contributed by atoms with Crippen molar-refractivity contribution >= 4 is 60.6 Å². The number of quaternary nitrogens is 1. The van der Waals surface area contributed by atoms with E-state index in [1.54, 1.807) is 0 Å². The van der Waals surface area contributed by atoms with Crippen LogP contribution in [0.15, 0.2) is 68.0 Å². The number of benzene rings is 2. The maximum atomic E-state index is 10.9. The summed E-state index contributed by atoms with van der Waals surface area (Å²) >= 11 is 6.32. The standard InChI is InChI=1S/C12H6Br2N5O4.C10H20NO2/c13-9-5-7(18(20)21)1-3-11(9)15-17-16-12-4-2-8(19(22)23)6-10(12)14;1-5-11(6-2,7-3)9-8-10(12)13-4/h1-6H;8-9H,5-7H2,1-4H3/q-1;+1/b;9-8+. The van der Waals surface area contributed by atoms with Gasteiger partial charge >= 0.3 is 5.97 Å². The van der Waals surface area contributed by atoms with E-state index in [0.717, 1.165) is 24.1 Å². The zero-order valence-corrected chi connectivity index (χ0v) is 23.3. The largest absolute Gasteiger partial charge is 0.466 e. The average Bonchev–Trinajstić information content (AvgIpc) is 2.87. The van der Waals surface area contributed by atoms with E-state index in [0.29, 0.717) is 20.3 Å². The van der Waals surface area contributed by atoms with Crippen LogP contribution in [0, 0.1) is 20.2 Å². The molecule has 12 nitrogen and oxygen atoms in total. The minimum absolute atomic E-state index is 0.0779. The molecule has 2 aromatic rings. The molecule has 0 bridgehead atoms. The molecule has 0 spiro atoms. The van der Waals surface area contributed by atoms with Crippen LogP contribution in [0.5, 0.6) is 0 Å². The number of carbonyl (C=O) groups is 1. The van der Waals surface area contributed by atoms with E-state index in [2.05, 4.69) is 73.1 Å². The van der Waals surface area contributed by atoms with Crippen LogP contribution in [0.2, 0.25) is 0 Å². The Balaban J connectivity index is 0.000000426. The molecule has 0 aliphatic rings. The number of halogens is 2. The topological polar surface area (TPSA) is 151 Å². The van der Waals surface area contributed by atoms with Crippen LogP contribution in [-0.4, -0.2) is 47.0 Å². The summed E-state index contributed by atoms with van der Waals surface area (Å²) in [5, 5.41) is 28.7. The van der Waals surface area contributed by atoms with E-state index in [9.17, 15) is 25.0 Å². The molecule has 0 heterocycles. The first-order chi connectivity index (χ1) is 17.0. The molecule has 0 aromatic heterocycles. The third kappa shape index (κ3) is 9.43. The van der Waals surface area contributed by atoms with Gasteiger partial charge in [0.2, 0.25) is 0 Å². The van der Waals surface area contributed by atoms with Gasteiger partial charge in [0.1, 0.15) is 6.20 Å². The molecule has 194 valence electrons. The smallest absolute Gasteiger partial charge is 0.335 e. The van der Waals surface area contributed by atoms with E-state index in [1.807, 2.05) is 6.20 Å². The van der Waals surface area contributed by atoms with E-state index >= 15 is 0 Å². The lowest BCUT2D eigenvalue weighted by Gasteiger charge is -2.30. The zero-order chi connectivity index (χ0) is 27.3. The number of non-ortho nitro benzene ring substituents is 2. The Labute approximate surface area is 225 Å². The average molecular weight is 630 g/mol. The van der Waals surface area contributed by atoms with Gasteiger partial charge in [-0.2, -0.15) is 0 Å². The molecular weight excluding hydrogens is 604 g/mol. The number of ether oxygens (including phenoxy) is 1. The third-order valence-corrected chi connectivity index (χ3v) is 6.48. The number of nitro benzene ring substituents is 2. The molecule has 2 aromatic carbocycles. The summed E-state index contributed by atoms with van der Waals surface area (Å²) < 4.78 is 6.17. The Morgan fingerprint density at radius 2 is 1.53 bits per heavy atom. The number of nitrogens with zero attached hydrogens (tertiary/aromatic N) is 6. The minimum Gasteiger partial charge on any atom is -0.466 e. The molecule has 0 fully saturated rings. The van der Waals surface area contributed by atoms with Crippen molar-refractivity contribution in [2.75, 3.05) is 26.7 Å². The van der Waals surface area contributed by atoms with E-state index in [-0.39, 0.29) is 17.3 Å². The first-order valence-electron chi connectivity index (χ1n) is 10.6. The van der Waals surface area contributed by atoms with Crippen molar-refractivity contribution in [3.8, 4) is 0 Å². The second kappa shape index (κ2) is 15.0. The van der Waals surface area contributed by atoms with Gasteiger partial charge in [0.15, 0.2) is 0 Å². The van der Waals surface area contributed by atoms with Crippen LogP contribution in [0.3, 0.4) is 0 Å². The highest BCUT2D eigenvalue weighted by molar-refractivity contribution is 9.11. The summed E-state index contributed by atoms with van der Waals surface area (Å²) in [7, 11) is 1.39. The second-order valence-electron chi connectivity index (χ2n) is 7.08. The molecule has 0 amide bonds. The van der Waals surface area contributed by atoms with Crippen molar-refractivity contribution in [3.05, 3.63) is 83.3 Å². The molecule has 2 rings (SSSR count). The fraction of sp³-hybridized carbons (Fsp3) is 0.318. The maximum absolute atomic E-state index is 10.9. The lowest BCUT2D eigenvalue weighted by Crippen LogP contribution is -2.42. The predicted octanol–water partition coefficient (Wildman–Crippen LogP) is 7.28. The van der Waals surface area contributed by atoms with Gasteiger partial charge in [0, 0.05) is 33.2 Å². The van der Waals surface area contributed by atoms with Gasteiger partial charge in [-0.05, 0) is 44.3 Å². The SMILES string of the molecule is CC[N+](/C=C/C(=O)OC)(CC)CC.O=[N+]([O-])c1ccc(N=N[N-]c2ccc([N+](=O)[O-])cc2Br)c(Br)c1. The Bertz CT molecular complexity index is 1130. The van der Waals surface area contributed by atoms with Crippen LogP contribution >= 0.6 is 31.9 Å². The van der Waals surface area contributed by atoms with Crippen LogP contribution < -0.4 is 0 Å². The van der Waals surface area contributed by atoms with E-state index in [4.69, 9.17) is 0 Å². The molecule has 0 radical (unpaired) electrons. The van der Waals surface area contributed by atoms with E-state index in [1.165, 1.54) is 49.6 Å². The molecule has 36 heavy (non-hydrogen) atoms. The fourth-order valence-corrected chi connectivity index (χ4v) is 3.67. The van der Waals surface area contributed by atoms with Crippen molar-refractivity contribution in [2.24, 2.45) is 10.3 Å². The van der Waals surface area contributed by atoms with Crippen LogP contribution in [0.4, 0.5) is 22.7 Å². The molecule has 0 saturated carbocycles. The van der Waals surface area contributed by atoms with Gasteiger partial charge in [-0.15, -0.1) is 0 Å². The monoisotopic (exact) mass is 628 g/mol. The first-order valence-corrected chi connectivity index (χ1v) is 12.2. The summed E-state index contributed by atoms with van der Waals surface area (Å²) in [5.74, 6) is -0.280. The molecule has 0 aliphatic carbocycles. The van der Waals surface area contributed by atoms with Crippen molar-refractivity contribution in [2.45, 2.75) is 20.8 Å². The Morgan fingerprint density at radius 3 is 1.97 bits per heavy atom. The summed E-state index contributed by atoms with van der Waals surface area (Å²) in [4.78, 5) is 31.1. The van der Waals surface area contributed by atoms with Gasteiger partial charge < -0.3 is 15.3 Å². The van der Waals surface area contributed by atoms with Gasteiger partial charge in [-0.1, -0.05) is 31.9 Å². The highest BCUT2D eigenvalue weighted by atomic mass is 79.9. The lowest BCUT2D eigenvalue weighted by molar-refractivity contribution is -0.874.